The predicted molar refractivity (Wildman–Crippen MR) is 71.0 cm³/mol. The Bertz CT molecular complexity index is 236. The average Bonchev–Trinajstić information content (AvgIpc) is 2.44. The lowest BCUT2D eigenvalue weighted by molar-refractivity contribution is -0.182. The van der Waals surface area contributed by atoms with Gasteiger partial charge in [-0.25, -0.2) is 4.79 Å². The summed E-state index contributed by atoms with van der Waals surface area (Å²) in [7, 11) is 4.94. The molecule has 0 aliphatic rings. The number of hydrogen-bond donors (Lipinski definition) is 2. The molecule has 1 amide bonds. The summed E-state index contributed by atoms with van der Waals surface area (Å²) in [5, 5.41) is 12.0. The lowest BCUT2D eigenvalue weighted by Crippen LogP contribution is -2.36. The van der Waals surface area contributed by atoms with E-state index in [2.05, 4.69) is 5.32 Å². The molecule has 0 fully saturated rings. The number of aliphatic hydroxyl groups excluding tert-OH is 1. The second kappa shape index (κ2) is 11.0. The normalized spacial score (nSPS) is 13.9. The number of carbonyl (C=O) groups is 1. The van der Waals surface area contributed by atoms with Crippen molar-refractivity contribution in [1.82, 2.24) is 10.2 Å². The van der Waals surface area contributed by atoms with Gasteiger partial charge in [0.2, 0.25) is 0 Å². The van der Waals surface area contributed by atoms with Crippen molar-refractivity contribution >= 4 is 6.09 Å². The van der Waals surface area contributed by atoms with Crippen molar-refractivity contribution in [2.45, 2.75) is 25.7 Å². The summed E-state index contributed by atoms with van der Waals surface area (Å²) in [5.74, 6) is 0. The Labute approximate surface area is 114 Å². The van der Waals surface area contributed by atoms with Crippen LogP contribution in [0.3, 0.4) is 0 Å². The zero-order valence-electron chi connectivity index (χ0n) is 12.2. The number of amides is 1. The fourth-order valence-electron chi connectivity index (χ4n) is 1.27. The van der Waals surface area contributed by atoms with Crippen molar-refractivity contribution in [3.05, 3.63) is 0 Å². The van der Waals surface area contributed by atoms with E-state index < -0.39 is 12.4 Å². The van der Waals surface area contributed by atoms with Gasteiger partial charge in [0.1, 0.15) is 6.61 Å². The van der Waals surface area contributed by atoms with Crippen molar-refractivity contribution in [3.8, 4) is 0 Å². The summed E-state index contributed by atoms with van der Waals surface area (Å²) in [5.41, 5.74) is 0. The van der Waals surface area contributed by atoms with Gasteiger partial charge in [0.25, 0.3) is 0 Å². The molecule has 0 aliphatic carbocycles. The third kappa shape index (κ3) is 7.99. The van der Waals surface area contributed by atoms with Gasteiger partial charge >= 0.3 is 6.09 Å². The molecule has 2 atom stereocenters. The number of aliphatic hydroxyl groups is 1. The lowest BCUT2D eigenvalue weighted by atomic mass is 10.3. The average molecular weight is 278 g/mol. The number of rotatable bonds is 10. The minimum atomic E-state index is -0.668. The van der Waals surface area contributed by atoms with Crippen LogP contribution in [0.25, 0.3) is 0 Å². The van der Waals surface area contributed by atoms with Crippen molar-refractivity contribution in [2.75, 3.05) is 47.5 Å². The quantitative estimate of drug-likeness (QED) is 0.549. The van der Waals surface area contributed by atoms with E-state index in [4.69, 9.17) is 19.3 Å². The van der Waals surface area contributed by atoms with E-state index in [1.807, 2.05) is 14.0 Å². The number of nitrogens with one attached hydrogen (secondary N) is 1. The van der Waals surface area contributed by atoms with Crippen molar-refractivity contribution in [1.29, 1.82) is 0 Å². The molecule has 0 aromatic rings. The maximum atomic E-state index is 11.6. The molecule has 0 spiro atoms. The van der Waals surface area contributed by atoms with Gasteiger partial charge in [-0.05, 0) is 13.5 Å². The second-order valence-corrected chi connectivity index (χ2v) is 4.12. The highest BCUT2D eigenvalue weighted by Gasteiger charge is 2.17. The first-order valence-electron chi connectivity index (χ1n) is 6.40. The molecule has 0 bridgehead atoms. The molecule has 0 saturated carbocycles. The number of likely N-dealkylation sites (N-methyl/N-ethyl adjacent to an activating group) is 2. The molecular weight excluding hydrogens is 252 g/mol. The standard InChI is InChI=1S/C12H26N2O5/c1-5-10(8-15)19-11(17-4)9-18-12(16)14(3)7-6-13-2/h10-11,13,15H,5-9H2,1-4H3. The largest absolute Gasteiger partial charge is 0.444 e. The van der Waals surface area contributed by atoms with E-state index in [0.29, 0.717) is 19.5 Å². The van der Waals surface area contributed by atoms with E-state index in [0.717, 1.165) is 0 Å². The third-order valence-corrected chi connectivity index (χ3v) is 2.62. The van der Waals surface area contributed by atoms with Crippen molar-refractivity contribution in [2.24, 2.45) is 0 Å². The lowest BCUT2D eigenvalue weighted by Gasteiger charge is -2.23. The first-order chi connectivity index (χ1) is 9.08. The zero-order valence-corrected chi connectivity index (χ0v) is 12.2. The first-order valence-corrected chi connectivity index (χ1v) is 6.40. The summed E-state index contributed by atoms with van der Waals surface area (Å²) < 4.78 is 15.6. The van der Waals surface area contributed by atoms with E-state index in [9.17, 15) is 4.79 Å². The van der Waals surface area contributed by atoms with Gasteiger partial charge in [-0.15, -0.1) is 0 Å². The molecule has 0 rings (SSSR count). The van der Waals surface area contributed by atoms with Crippen LogP contribution < -0.4 is 5.32 Å². The third-order valence-electron chi connectivity index (χ3n) is 2.62. The van der Waals surface area contributed by atoms with Crippen LogP contribution in [0.5, 0.6) is 0 Å². The van der Waals surface area contributed by atoms with Gasteiger partial charge in [-0.2, -0.15) is 0 Å². The van der Waals surface area contributed by atoms with E-state index in [-0.39, 0.29) is 19.3 Å². The summed E-state index contributed by atoms with van der Waals surface area (Å²) in [6.45, 7) is 3.05. The number of ether oxygens (including phenoxy) is 3. The smallest absolute Gasteiger partial charge is 0.409 e. The van der Waals surface area contributed by atoms with Crippen LogP contribution in [0.2, 0.25) is 0 Å². The molecule has 19 heavy (non-hydrogen) atoms. The van der Waals surface area contributed by atoms with E-state index in [1.165, 1.54) is 12.0 Å². The van der Waals surface area contributed by atoms with Crippen LogP contribution in [0.1, 0.15) is 13.3 Å². The Hall–Kier alpha value is -0.890. The number of hydrogen-bond acceptors (Lipinski definition) is 6. The fraction of sp³-hybridized carbons (Fsp3) is 0.917. The maximum absolute atomic E-state index is 11.6. The van der Waals surface area contributed by atoms with Crippen LogP contribution in [0, 0.1) is 0 Å². The van der Waals surface area contributed by atoms with Gasteiger partial charge in [-0.3, -0.25) is 0 Å². The summed E-state index contributed by atoms with van der Waals surface area (Å²) >= 11 is 0. The molecule has 2 unspecified atom stereocenters. The van der Waals surface area contributed by atoms with Crippen molar-refractivity contribution in [3.63, 3.8) is 0 Å². The molecule has 7 heteroatoms. The number of nitrogens with zero attached hydrogens (tertiary/aromatic N) is 1. The highest BCUT2D eigenvalue weighted by molar-refractivity contribution is 5.67. The number of carbonyl (C=O) groups excluding carboxylic acids is 1. The molecule has 0 aromatic heterocycles. The predicted octanol–water partition coefficient (Wildman–Crippen LogP) is 0.0342. The Morgan fingerprint density at radius 3 is 2.63 bits per heavy atom. The van der Waals surface area contributed by atoms with Crippen LogP contribution in [0.15, 0.2) is 0 Å². The Balaban J connectivity index is 4.02. The molecule has 7 nitrogen and oxygen atoms in total. The summed E-state index contributed by atoms with van der Waals surface area (Å²) in [4.78, 5) is 13.1. The molecule has 0 heterocycles. The van der Waals surface area contributed by atoms with Gasteiger partial charge < -0.3 is 29.5 Å². The Kier molecular flexibility index (Phi) is 10.5. The first kappa shape index (κ1) is 18.1. The molecule has 0 aliphatic heterocycles. The fourth-order valence-corrected chi connectivity index (χ4v) is 1.27. The Morgan fingerprint density at radius 2 is 2.16 bits per heavy atom. The van der Waals surface area contributed by atoms with Crippen molar-refractivity contribution < 1.29 is 24.1 Å². The van der Waals surface area contributed by atoms with E-state index >= 15 is 0 Å². The highest BCUT2D eigenvalue weighted by atomic mass is 16.7. The molecule has 0 saturated heterocycles. The Morgan fingerprint density at radius 1 is 1.47 bits per heavy atom. The van der Waals surface area contributed by atoms with Crippen LogP contribution in [0.4, 0.5) is 4.79 Å². The summed E-state index contributed by atoms with van der Waals surface area (Å²) in [6, 6.07) is 0. The molecule has 114 valence electrons. The SMILES string of the molecule is CCC(CO)OC(COC(=O)N(C)CCNC)OC. The zero-order chi connectivity index (χ0) is 14.7. The van der Waals surface area contributed by atoms with Gasteiger partial charge in [-0.1, -0.05) is 6.92 Å². The van der Waals surface area contributed by atoms with E-state index in [1.54, 1.807) is 7.05 Å². The van der Waals surface area contributed by atoms with Crippen LogP contribution in [-0.4, -0.2) is 76.0 Å². The minimum Gasteiger partial charge on any atom is -0.444 e. The molecule has 2 N–H and O–H groups in total. The van der Waals surface area contributed by atoms with Gasteiger partial charge in [0, 0.05) is 27.2 Å². The molecule has 0 radical (unpaired) electrons. The number of methoxy groups -OCH3 is 1. The second-order valence-electron chi connectivity index (χ2n) is 4.12. The molecule has 0 aromatic carbocycles. The topological polar surface area (TPSA) is 80.3 Å². The monoisotopic (exact) mass is 278 g/mol. The van der Waals surface area contributed by atoms with Gasteiger partial charge in [0.05, 0.1) is 12.7 Å². The van der Waals surface area contributed by atoms with Crippen LogP contribution in [-0.2, 0) is 14.2 Å². The van der Waals surface area contributed by atoms with Gasteiger partial charge in [0.15, 0.2) is 6.29 Å². The molecular formula is C12H26N2O5. The highest BCUT2D eigenvalue weighted by Crippen LogP contribution is 2.04. The van der Waals surface area contributed by atoms with Crippen LogP contribution >= 0.6 is 0 Å². The maximum Gasteiger partial charge on any atom is 0.409 e. The minimum absolute atomic E-state index is 0.00424. The summed E-state index contributed by atoms with van der Waals surface area (Å²) in [6.07, 6.45) is -0.755.